The van der Waals surface area contributed by atoms with Gasteiger partial charge in [-0.1, -0.05) is 40.5 Å². The average molecular weight is 1140 g/mol. The second-order valence-electron chi connectivity index (χ2n) is 20.9. The van der Waals surface area contributed by atoms with E-state index in [0.29, 0.717) is 12.3 Å². The molecular formula is C50H94N16O14. The lowest BCUT2D eigenvalue weighted by atomic mass is 10.0. The summed E-state index contributed by atoms with van der Waals surface area (Å²) in [6.45, 7) is 9.83. The normalized spacial score (nSPS) is 23.7. The Morgan fingerprint density at radius 3 is 1.41 bits per heavy atom. The molecule has 0 bridgehead atoms. The number of carbonyl (C=O) groups is 11. The minimum Gasteiger partial charge on any atom is -0.391 e. The van der Waals surface area contributed by atoms with Gasteiger partial charge in [0.25, 0.3) is 0 Å². The molecule has 30 nitrogen and oxygen atoms in total. The summed E-state index contributed by atoms with van der Waals surface area (Å²) in [5, 5.41) is 59.3. The number of hydrogen-bond donors (Lipinski definition) is 19. The average Bonchev–Trinajstić information content (AvgIpc) is 3.37. The monoisotopic (exact) mass is 1140 g/mol. The van der Waals surface area contributed by atoms with E-state index >= 15 is 0 Å². The topological polar surface area (TPSA) is 511 Å². The van der Waals surface area contributed by atoms with Crippen molar-refractivity contribution in [2.45, 2.75) is 198 Å². The molecule has 0 aliphatic carbocycles. The summed E-state index contributed by atoms with van der Waals surface area (Å²) in [6, 6.07) is -15.4. The van der Waals surface area contributed by atoms with Crippen LogP contribution in [0.1, 0.15) is 119 Å². The van der Waals surface area contributed by atoms with Gasteiger partial charge in [-0.3, -0.25) is 52.7 Å². The molecule has 13 atom stereocenters. The molecule has 1 aliphatic heterocycles. The Balaban J connectivity index is 3.81. The second-order valence-corrected chi connectivity index (χ2v) is 20.9. The Labute approximate surface area is 468 Å². The fourth-order valence-electron chi connectivity index (χ4n) is 8.29. The van der Waals surface area contributed by atoms with Crippen molar-refractivity contribution < 1.29 is 68.1 Å². The zero-order valence-electron chi connectivity index (χ0n) is 47.4. The smallest absolute Gasteiger partial charge is 0.245 e. The molecule has 1 aliphatic rings. The molecule has 0 spiro atoms. The Hall–Kier alpha value is -6.15. The van der Waals surface area contributed by atoms with Gasteiger partial charge in [0.1, 0.15) is 60.4 Å². The van der Waals surface area contributed by atoms with Crippen LogP contribution in [0.5, 0.6) is 0 Å². The lowest BCUT2D eigenvalue weighted by Gasteiger charge is -2.29. The second kappa shape index (κ2) is 37.7. The highest BCUT2D eigenvalue weighted by Crippen LogP contribution is 2.11. The summed E-state index contributed by atoms with van der Waals surface area (Å²) in [4.78, 5) is 152. The third-order valence-electron chi connectivity index (χ3n) is 12.8. The predicted octanol–water partition coefficient (Wildman–Crippen LogP) is -7.50. The van der Waals surface area contributed by atoms with Gasteiger partial charge in [-0.15, -0.1) is 0 Å². The Morgan fingerprint density at radius 2 is 0.950 bits per heavy atom. The first-order valence-corrected chi connectivity index (χ1v) is 27.5. The molecule has 1 heterocycles. The van der Waals surface area contributed by atoms with E-state index < -0.39 is 157 Å². The molecule has 0 saturated carbocycles. The number of hydrogen-bond acceptors (Lipinski definition) is 19. The van der Waals surface area contributed by atoms with Gasteiger partial charge in [-0.2, -0.15) is 0 Å². The quantitative estimate of drug-likeness (QED) is 0.0340. The van der Waals surface area contributed by atoms with Crippen molar-refractivity contribution in [1.29, 1.82) is 0 Å². The largest absolute Gasteiger partial charge is 0.391 e. The molecular weight excluding hydrogens is 1050 g/mol. The Morgan fingerprint density at radius 1 is 0.500 bits per heavy atom. The molecule has 0 aromatic rings. The minimum absolute atomic E-state index is 0.0223. The number of nitrogens with two attached hydrogens (primary N) is 5. The summed E-state index contributed by atoms with van der Waals surface area (Å²) in [5.74, 6) is -10.2. The van der Waals surface area contributed by atoms with Crippen LogP contribution < -0.4 is 87.2 Å². The van der Waals surface area contributed by atoms with Crippen LogP contribution in [0, 0.1) is 11.8 Å². The van der Waals surface area contributed by atoms with Gasteiger partial charge >= 0.3 is 0 Å². The zero-order chi connectivity index (χ0) is 60.8. The summed E-state index contributed by atoms with van der Waals surface area (Å²) in [5.41, 5.74) is 29.0. The van der Waals surface area contributed by atoms with Crippen LogP contribution in [0.2, 0.25) is 0 Å². The van der Waals surface area contributed by atoms with Crippen LogP contribution in [-0.4, -0.2) is 198 Å². The molecule has 458 valence electrons. The van der Waals surface area contributed by atoms with Gasteiger partial charge in [0.2, 0.25) is 65.0 Å². The van der Waals surface area contributed by atoms with Crippen LogP contribution in [0.15, 0.2) is 0 Å². The first-order chi connectivity index (χ1) is 37.6. The highest BCUT2D eigenvalue weighted by Gasteiger charge is 2.38. The summed E-state index contributed by atoms with van der Waals surface area (Å²) >= 11 is 0. The SMILES string of the molecule is CC(C)CCCCC(=O)N[C@@H](CCN)C(=O)N[C@H](C(=O)N[C@@H](CCN)C(=O)N[C@H]1CCNC(=O)[C@H]([C@@H](C)O)NC(=O)[C@H](CCN)NC(=O)[C@H](CCN)NC(=O)[C@H]([C@@H](C)O)NC(=O)[C@@H](CC(C)C)NC(=O)[C@H](CCN)NC1=O)[C@@H](C)O. The van der Waals surface area contributed by atoms with Gasteiger partial charge in [-0.25, -0.2) is 0 Å². The minimum atomic E-state index is -1.73. The number of rotatable bonds is 27. The summed E-state index contributed by atoms with van der Waals surface area (Å²) in [6.07, 6.45) is -3.83. The Kier molecular flexibility index (Phi) is 33.9. The van der Waals surface area contributed by atoms with Crippen molar-refractivity contribution in [2.24, 2.45) is 40.5 Å². The van der Waals surface area contributed by atoms with E-state index in [1.807, 2.05) is 0 Å². The van der Waals surface area contributed by atoms with Crippen LogP contribution in [0.25, 0.3) is 0 Å². The van der Waals surface area contributed by atoms with E-state index in [4.69, 9.17) is 28.7 Å². The third kappa shape index (κ3) is 26.0. The number of aliphatic hydroxyl groups excluding tert-OH is 3. The van der Waals surface area contributed by atoms with Crippen molar-refractivity contribution in [3.8, 4) is 0 Å². The first kappa shape index (κ1) is 71.9. The van der Waals surface area contributed by atoms with Gasteiger partial charge in [0.05, 0.1) is 18.3 Å². The van der Waals surface area contributed by atoms with E-state index in [1.165, 1.54) is 20.8 Å². The van der Waals surface area contributed by atoms with E-state index in [2.05, 4.69) is 72.3 Å². The molecule has 11 amide bonds. The Bertz CT molecular complexity index is 2030. The van der Waals surface area contributed by atoms with Gasteiger partial charge in [-0.05, 0) is 117 Å². The van der Waals surface area contributed by atoms with Crippen LogP contribution >= 0.6 is 0 Å². The maximum absolute atomic E-state index is 14.4. The fourth-order valence-corrected chi connectivity index (χ4v) is 8.29. The lowest BCUT2D eigenvalue weighted by molar-refractivity contribution is -0.137. The molecule has 0 unspecified atom stereocenters. The van der Waals surface area contributed by atoms with Crippen LogP contribution in [0.3, 0.4) is 0 Å². The first-order valence-electron chi connectivity index (χ1n) is 27.5. The summed E-state index contributed by atoms with van der Waals surface area (Å²) < 4.78 is 0. The number of aliphatic hydroxyl groups is 3. The number of nitrogens with one attached hydrogen (secondary N) is 11. The van der Waals surface area contributed by atoms with Gasteiger partial charge in [0.15, 0.2) is 0 Å². The van der Waals surface area contributed by atoms with Crippen molar-refractivity contribution in [2.75, 3.05) is 39.3 Å². The number of carbonyl (C=O) groups excluding carboxylic acids is 11. The molecule has 0 aromatic carbocycles. The molecule has 0 aromatic heterocycles. The van der Waals surface area contributed by atoms with E-state index in [-0.39, 0.29) is 83.6 Å². The zero-order valence-corrected chi connectivity index (χ0v) is 47.4. The summed E-state index contributed by atoms with van der Waals surface area (Å²) in [7, 11) is 0. The van der Waals surface area contributed by atoms with Crippen molar-refractivity contribution in [3.63, 3.8) is 0 Å². The molecule has 1 saturated heterocycles. The maximum Gasteiger partial charge on any atom is 0.245 e. The van der Waals surface area contributed by atoms with E-state index in [1.54, 1.807) is 13.8 Å². The molecule has 1 fully saturated rings. The predicted molar refractivity (Wildman–Crippen MR) is 293 cm³/mol. The number of unbranched alkanes of at least 4 members (excludes halogenated alkanes) is 1. The maximum atomic E-state index is 14.4. The van der Waals surface area contributed by atoms with Crippen LogP contribution in [-0.2, 0) is 52.7 Å². The van der Waals surface area contributed by atoms with Gasteiger partial charge < -0.3 is 102 Å². The molecule has 30 heteroatoms. The molecule has 1 rings (SSSR count). The molecule has 0 radical (unpaired) electrons. The molecule has 24 N–H and O–H groups in total. The van der Waals surface area contributed by atoms with E-state index in [0.717, 1.165) is 12.8 Å². The number of amides is 11. The van der Waals surface area contributed by atoms with Gasteiger partial charge in [0, 0.05) is 13.0 Å². The highest BCUT2D eigenvalue weighted by molar-refractivity contribution is 5.99. The fraction of sp³-hybridized carbons (Fsp3) is 0.780. The van der Waals surface area contributed by atoms with E-state index in [9.17, 15) is 68.1 Å². The van der Waals surface area contributed by atoms with Crippen molar-refractivity contribution in [3.05, 3.63) is 0 Å². The highest BCUT2D eigenvalue weighted by atomic mass is 16.3. The van der Waals surface area contributed by atoms with Crippen LogP contribution in [0.4, 0.5) is 0 Å². The van der Waals surface area contributed by atoms with Crippen molar-refractivity contribution >= 4 is 65.0 Å². The molecule has 80 heavy (non-hydrogen) atoms. The lowest BCUT2D eigenvalue weighted by Crippen LogP contribution is -2.62. The standard InChI is InChI=1S/C50H94N16O14/c1-25(2)10-8-9-11-37(70)57-30(12-18-51)45(75)65-39(28(6)68)49(79)62-33(15-21-54)42(72)60-35-17-23-56-48(78)38(27(5)67)64-46(76)34(16-22-55)59-41(71)32(14-20-53)61-50(80)40(29(7)69)66-47(77)36(24-26(3)4)63-43(73)31(13-19-52)58-44(35)74/h25-36,38-40,67-69H,8-24,51-55H2,1-7H3,(H,56,78)(H,57,70)(H,58,74)(H,59,71)(H,60,72)(H,61,80)(H,62,79)(H,63,73)(H,64,76)(H,65,75)(H,66,77)/t27-,28-,29-,30+,31+,32+,33+,34+,35+,36-,38+,39+,40+/m1/s1. The third-order valence-corrected chi connectivity index (χ3v) is 12.8. The van der Waals surface area contributed by atoms with Crippen molar-refractivity contribution in [1.82, 2.24) is 58.5 Å².